The number of phenols is 1. The molecule has 0 aliphatic carbocycles. The first kappa shape index (κ1) is 12.1. The van der Waals surface area contributed by atoms with Crippen molar-refractivity contribution in [2.75, 3.05) is 0 Å². The lowest BCUT2D eigenvalue weighted by molar-refractivity contribution is 0.474. The molecule has 2 heteroatoms. The van der Waals surface area contributed by atoms with Crippen LogP contribution in [0, 0.1) is 13.8 Å². The third kappa shape index (κ3) is 3.04. The topological polar surface area (TPSA) is 20.2 Å². The van der Waals surface area contributed by atoms with Crippen molar-refractivity contribution in [2.45, 2.75) is 24.5 Å². The summed E-state index contributed by atoms with van der Waals surface area (Å²) in [5.74, 6) is 1.31. The van der Waals surface area contributed by atoms with Crippen molar-refractivity contribution in [1.82, 2.24) is 0 Å². The molecule has 0 radical (unpaired) electrons. The lowest BCUT2D eigenvalue weighted by Gasteiger charge is -2.08. The lowest BCUT2D eigenvalue weighted by atomic mass is 10.1. The number of benzene rings is 2. The summed E-state index contributed by atoms with van der Waals surface area (Å²) in [6.45, 7) is 4.17. The number of hydrogen-bond acceptors (Lipinski definition) is 2. The van der Waals surface area contributed by atoms with Gasteiger partial charge in [-0.1, -0.05) is 24.3 Å². The van der Waals surface area contributed by atoms with Crippen molar-refractivity contribution in [2.24, 2.45) is 0 Å². The Balaban J connectivity index is 2.10. The SMILES string of the molecule is Cc1ccccc1CSc1ccc(O)cc1C. The number of rotatable bonds is 3. The molecule has 0 aliphatic heterocycles. The molecule has 0 fully saturated rings. The quantitative estimate of drug-likeness (QED) is 0.812. The third-order valence-corrected chi connectivity index (χ3v) is 4.03. The van der Waals surface area contributed by atoms with Crippen molar-refractivity contribution in [3.05, 3.63) is 59.2 Å². The summed E-state index contributed by atoms with van der Waals surface area (Å²) in [4.78, 5) is 1.23. The number of aromatic hydroxyl groups is 1. The fourth-order valence-electron chi connectivity index (χ4n) is 1.72. The van der Waals surface area contributed by atoms with Gasteiger partial charge in [-0.25, -0.2) is 0 Å². The molecule has 0 unspecified atom stereocenters. The highest BCUT2D eigenvalue weighted by atomic mass is 32.2. The molecule has 0 heterocycles. The predicted molar refractivity (Wildman–Crippen MR) is 73.6 cm³/mol. The smallest absolute Gasteiger partial charge is 0.115 e. The fourth-order valence-corrected chi connectivity index (χ4v) is 2.81. The van der Waals surface area contributed by atoms with Gasteiger partial charge in [-0.15, -0.1) is 11.8 Å². The van der Waals surface area contributed by atoms with E-state index in [1.807, 2.05) is 24.8 Å². The van der Waals surface area contributed by atoms with Crippen LogP contribution in [0.4, 0.5) is 0 Å². The molecule has 0 amide bonds. The highest BCUT2D eigenvalue weighted by molar-refractivity contribution is 7.98. The van der Waals surface area contributed by atoms with Gasteiger partial charge in [-0.2, -0.15) is 0 Å². The Labute approximate surface area is 107 Å². The van der Waals surface area contributed by atoms with Crippen molar-refractivity contribution in [3.63, 3.8) is 0 Å². The van der Waals surface area contributed by atoms with Crippen LogP contribution in [0.3, 0.4) is 0 Å². The predicted octanol–water partition coefficient (Wildman–Crippen LogP) is 4.30. The molecule has 2 rings (SSSR count). The molecule has 2 aromatic rings. The van der Waals surface area contributed by atoms with Crippen LogP contribution in [-0.2, 0) is 5.75 Å². The van der Waals surface area contributed by atoms with Gasteiger partial charge in [0.1, 0.15) is 5.75 Å². The standard InChI is InChI=1S/C15H16OS/c1-11-5-3-4-6-13(11)10-17-15-8-7-14(16)9-12(15)2/h3-9,16H,10H2,1-2H3. The van der Waals surface area contributed by atoms with Gasteiger partial charge in [0.05, 0.1) is 0 Å². The number of hydrogen-bond donors (Lipinski definition) is 1. The Bertz CT molecular complexity index is 520. The van der Waals surface area contributed by atoms with Crippen LogP contribution in [-0.4, -0.2) is 5.11 Å². The summed E-state index contributed by atoms with van der Waals surface area (Å²) in [7, 11) is 0. The molecule has 0 aromatic heterocycles. The van der Waals surface area contributed by atoms with Crippen LogP contribution in [0.1, 0.15) is 16.7 Å². The maximum atomic E-state index is 9.36. The second kappa shape index (κ2) is 5.28. The molecule has 0 saturated carbocycles. The molecular formula is C15H16OS. The van der Waals surface area contributed by atoms with Gasteiger partial charge in [0, 0.05) is 10.6 Å². The highest BCUT2D eigenvalue weighted by Crippen LogP contribution is 2.29. The van der Waals surface area contributed by atoms with Gasteiger partial charge < -0.3 is 5.11 Å². The minimum Gasteiger partial charge on any atom is -0.508 e. The zero-order chi connectivity index (χ0) is 12.3. The third-order valence-electron chi connectivity index (χ3n) is 2.80. The Morgan fingerprint density at radius 2 is 1.76 bits per heavy atom. The van der Waals surface area contributed by atoms with Crippen LogP contribution in [0.2, 0.25) is 0 Å². The molecule has 0 bridgehead atoms. The Hall–Kier alpha value is -1.41. The number of phenolic OH excluding ortho intramolecular Hbond substituents is 1. The summed E-state index contributed by atoms with van der Waals surface area (Å²) in [6.07, 6.45) is 0. The number of aryl methyl sites for hydroxylation is 2. The van der Waals surface area contributed by atoms with E-state index in [1.54, 1.807) is 12.1 Å². The maximum Gasteiger partial charge on any atom is 0.115 e. The van der Waals surface area contributed by atoms with Crippen LogP contribution in [0.25, 0.3) is 0 Å². The lowest BCUT2D eigenvalue weighted by Crippen LogP contribution is -1.86. The summed E-state index contributed by atoms with van der Waals surface area (Å²) in [5, 5.41) is 9.36. The van der Waals surface area contributed by atoms with Gasteiger partial charge in [0.2, 0.25) is 0 Å². The van der Waals surface area contributed by atoms with Gasteiger partial charge in [-0.3, -0.25) is 0 Å². The van der Waals surface area contributed by atoms with E-state index in [4.69, 9.17) is 0 Å². The maximum absolute atomic E-state index is 9.36. The van der Waals surface area contributed by atoms with Crippen LogP contribution < -0.4 is 0 Å². The second-order valence-electron chi connectivity index (χ2n) is 4.16. The summed E-state index contributed by atoms with van der Waals surface area (Å²) in [5.41, 5.74) is 3.82. The summed E-state index contributed by atoms with van der Waals surface area (Å²) in [6, 6.07) is 14.0. The van der Waals surface area contributed by atoms with Gasteiger partial charge in [0.25, 0.3) is 0 Å². The fraction of sp³-hybridized carbons (Fsp3) is 0.200. The van der Waals surface area contributed by atoms with Gasteiger partial charge in [-0.05, 0) is 48.7 Å². The van der Waals surface area contributed by atoms with Crippen molar-refractivity contribution in [3.8, 4) is 5.75 Å². The van der Waals surface area contributed by atoms with Gasteiger partial charge >= 0.3 is 0 Å². The molecule has 0 atom stereocenters. The zero-order valence-corrected chi connectivity index (χ0v) is 10.9. The van der Waals surface area contributed by atoms with E-state index in [0.717, 1.165) is 11.3 Å². The van der Waals surface area contributed by atoms with Crippen molar-refractivity contribution >= 4 is 11.8 Å². The Kier molecular flexibility index (Phi) is 3.75. The molecule has 1 N–H and O–H groups in total. The van der Waals surface area contributed by atoms with Crippen LogP contribution in [0.15, 0.2) is 47.4 Å². The van der Waals surface area contributed by atoms with E-state index in [-0.39, 0.29) is 0 Å². The molecular weight excluding hydrogens is 228 g/mol. The molecule has 88 valence electrons. The minimum atomic E-state index is 0.336. The molecule has 1 nitrogen and oxygen atoms in total. The first-order valence-electron chi connectivity index (χ1n) is 5.64. The average Bonchev–Trinajstić information content (AvgIpc) is 2.30. The van der Waals surface area contributed by atoms with E-state index in [0.29, 0.717) is 5.75 Å². The van der Waals surface area contributed by atoms with E-state index in [9.17, 15) is 5.11 Å². The minimum absolute atomic E-state index is 0.336. The molecule has 2 aromatic carbocycles. The number of thioether (sulfide) groups is 1. The van der Waals surface area contributed by atoms with Crippen molar-refractivity contribution < 1.29 is 5.11 Å². The van der Waals surface area contributed by atoms with Crippen LogP contribution in [0.5, 0.6) is 5.75 Å². The van der Waals surface area contributed by atoms with Crippen LogP contribution >= 0.6 is 11.8 Å². The second-order valence-corrected chi connectivity index (χ2v) is 5.18. The highest BCUT2D eigenvalue weighted by Gasteiger charge is 2.02. The van der Waals surface area contributed by atoms with Gasteiger partial charge in [0.15, 0.2) is 0 Å². The normalized spacial score (nSPS) is 10.5. The Morgan fingerprint density at radius 3 is 2.47 bits per heavy atom. The average molecular weight is 244 g/mol. The van der Waals surface area contributed by atoms with E-state index >= 15 is 0 Å². The molecule has 17 heavy (non-hydrogen) atoms. The van der Waals surface area contributed by atoms with Crippen molar-refractivity contribution in [1.29, 1.82) is 0 Å². The van der Waals surface area contributed by atoms with E-state index < -0.39 is 0 Å². The Morgan fingerprint density at radius 1 is 1.00 bits per heavy atom. The first-order chi connectivity index (χ1) is 8.16. The summed E-state index contributed by atoms with van der Waals surface area (Å²) >= 11 is 1.81. The molecule has 0 spiro atoms. The van der Waals surface area contributed by atoms with E-state index in [2.05, 4.69) is 31.2 Å². The monoisotopic (exact) mass is 244 g/mol. The molecule has 0 saturated heterocycles. The first-order valence-corrected chi connectivity index (χ1v) is 6.62. The zero-order valence-electron chi connectivity index (χ0n) is 10.1. The largest absolute Gasteiger partial charge is 0.508 e. The van der Waals surface area contributed by atoms with E-state index in [1.165, 1.54) is 16.0 Å². The summed E-state index contributed by atoms with van der Waals surface area (Å²) < 4.78 is 0. The molecule has 0 aliphatic rings.